The fourth-order valence-electron chi connectivity index (χ4n) is 1.18. The number of aliphatic hydroxyl groups is 1. The van der Waals surface area contributed by atoms with Gasteiger partial charge in [-0.2, -0.15) is 0 Å². The van der Waals surface area contributed by atoms with Gasteiger partial charge in [0.1, 0.15) is 6.10 Å². The summed E-state index contributed by atoms with van der Waals surface area (Å²) in [4.78, 5) is 21.7. The van der Waals surface area contributed by atoms with Gasteiger partial charge in [0.15, 0.2) is 0 Å². The van der Waals surface area contributed by atoms with Gasteiger partial charge in [0.2, 0.25) is 11.8 Å². The summed E-state index contributed by atoms with van der Waals surface area (Å²) in [7, 11) is 0. The minimum absolute atomic E-state index is 0.134. The lowest BCUT2D eigenvalue weighted by atomic mass is 10.1. The molecule has 1 saturated heterocycles. The number of carbonyl (C=O) groups excluding carboxylic acids is 2. The molecule has 0 spiro atoms. The number of aliphatic hydroxyl groups excluding tert-OH is 1. The largest absolute Gasteiger partial charge is 0.381 e. The second-order valence-electron chi connectivity index (χ2n) is 3.22. The molecule has 1 rings (SSSR count). The van der Waals surface area contributed by atoms with Gasteiger partial charge in [-0.15, -0.1) is 0 Å². The summed E-state index contributed by atoms with van der Waals surface area (Å²) in [5.41, 5.74) is 4.81. The maximum atomic E-state index is 11.3. The third-order valence-corrected chi connectivity index (χ3v) is 2.10. The zero-order valence-electron chi connectivity index (χ0n) is 7.73. The molecule has 6 nitrogen and oxygen atoms in total. The van der Waals surface area contributed by atoms with E-state index in [2.05, 4.69) is 5.32 Å². The smallest absolute Gasteiger partial charge is 0.248 e. The van der Waals surface area contributed by atoms with Crippen LogP contribution in [-0.4, -0.2) is 42.8 Å². The highest BCUT2D eigenvalue weighted by Crippen LogP contribution is 2.11. The number of rotatable bonds is 4. The van der Waals surface area contributed by atoms with E-state index in [4.69, 9.17) is 15.6 Å². The van der Waals surface area contributed by atoms with Gasteiger partial charge in [-0.3, -0.25) is 9.59 Å². The molecule has 0 bridgehead atoms. The number of hydrogen-bond donors (Lipinski definition) is 3. The Kier molecular flexibility index (Phi) is 3.84. The first-order valence-corrected chi connectivity index (χ1v) is 4.44. The van der Waals surface area contributed by atoms with E-state index in [9.17, 15) is 9.59 Å². The highest BCUT2D eigenvalue weighted by molar-refractivity contribution is 5.82. The molecule has 6 heteroatoms. The number of nitrogens with one attached hydrogen (secondary N) is 1. The van der Waals surface area contributed by atoms with Gasteiger partial charge in [0, 0.05) is 6.61 Å². The molecule has 4 N–H and O–H groups in total. The van der Waals surface area contributed by atoms with Crippen molar-refractivity contribution in [2.75, 3.05) is 19.8 Å². The average Bonchev–Trinajstić information content (AvgIpc) is 2.66. The van der Waals surface area contributed by atoms with Crippen LogP contribution >= 0.6 is 0 Å². The van der Waals surface area contributed by atoms with Crippen LogP contribution in [-0.2, 0) is 14.3 Å². The van der Waals surface area contributed by atoms with E-state index in [1.807, 2.05) is 0 Å². The van der Waals surface area contributed by atoms with Crippen LogP contribution in [0.3, 0.4) is 0 Å². The number of carbonyl (C=O) groups is 2. The SMILES string of the molecule is NC(=O)C(O)CNC(=O)C1CCOC1. The van der Waals surface area contributed by atoms with E-state index in [1.54, 1.807) is 0 Å². The number of primary amides is 1. The molecule has 80 valence electrons. The third kappa shape index (κ3) is 2.97. The van der Waals surface area contributed by atoms with Crippen LogP contribution in [0, 0.1) is 5.92 Å². The van der Waals surface area contributed by atoms with E-state index in [0.717, 1.165) is 0 Å². The molecule has 0 aromatic rings. The Morgan fingerprint density at radius 1 is 1.64 bits per heavy atom. The fraction of sp³-hybridized carbons (Fsp3) is 0.750. The van der Waals surface area contributed by atoms with Crippen molar-refractivity contribution in [3.63, 3.8) is 0 Å². The van der Waals surface area contributed by atoms with Gasteiger partial charge >= 0.3 is 0 Å². The molecule has 0 saturated carbocycles. The van der Waals surface area contributed by atoms with Gasteiger partial charge < -0.3 is 20.9 Å². The number of ether oxygens (including phenoxy) is 1. The Morgan fingerprint density at radius 2 is 2.36 bits per heavy atom. The molecule has 2 amide bonds. The Morgan fingerprint density at radius 3 is 2.86 bits per heavy atom. The average molecular weight is 202 g/mol. The number of nitrogens with two attached hydrogens (primary N) is 1. The first-order valence-electron chi connectivity index (χ1n) is 4.44. The van der Waals surface area contributed by atoms with E-state index < -0.39 is 12.0 Å². The summed E-state index contributed by atoms with van der Waals surface area (Å²) in [6.45, 7) is 0.847. The molecular weight excluding hydrogens is 188 g/mol. The van der Waals surface area contributed by atoms with Crippen LogP contribution in [0.5, 0.6) is 0 Å². The fourth-order valence-corrected chi connectivity index (χ4v) is 1.18. The summed E-state index contributed by atoms with van der Waals surface area (Å²) < 4.78 is 5.02. The summed E-state index contributed by atoms with van der Waals surface area (Å²) in [6.07, 6.45) is -0.639. The first-order chi connectivity index (χ1) is 6.61. The highest BCUT2D eigenvalue weighted by atomic mass is 16.5. The summed E-state index contributed by atoms with van der Waals surface area (Å²) >= 11 is 0. The summed E-state index contributed by atoms with van der Waals surface area (Å²) in [5, 5.41) is 11.4. The molecule has 14 heavy (non-hydrogen) atoms. The van der Waals surface area contributed by atoms with Gasteiger partial charge in [-0.05, 0) is 6.42 Å². The van der Waals surface area contributed by atoms with Crippen molar-refractivity contribution >= 4 is 11.8 Å². The number of amides is 2. The second kappa shape index (κ2) is 4.92. The lowest BCUT2D eigenvalue weighted by Gasteiger charge is -2.11. The maximum absolute atomic E-state index is 11.3. The van der Waals surface area contributed by atoms with Crippen LogP contribution in [0.25, 0.3) is 0 Å². The third-order valence-electron chi connectivity index (χ3n) is 2.10. The monoisotopic (exact) mass is 202 g/mol. The predicted octanol–water partition coefficient (Wildman–Crippen LogP) is -2.01. The van der Waals surface area contributed by atoms with Crippen LogP contribution in [0.1, 0.15) is 6.42 Å². The Labute approximate surface area is 81.4 Å². The lowest BCUT2D eigenvalue weighted by molar-refractivity contribution is -0.128. The van der Waals surface area contributed by atoms with E-state index in [0.29, 0.717) is 19.6 Å². The number of hydrogen-bond acceptors (Lipinski definition) is 4. The van der Waals surface area contributed by atoms with Crippen molar-refractivity contribution in [3.05, 3.63) is 0 Å². The zero-order valence-corrected chi connectivity index (χ0v) is 7.73. The highest BCUT2D eigenvalue weighted by Gasteiger charge is 2.24. The predicted molar refractivity (Wildman–Crippen MR) is 47.1 cm³/mol. The standard InChI is InChI=1S/C8H14N2O4/c9-7(12)6(11)3-10-8(13)5-1-2-14-4-5/h5-6,11H,1-4H2,(H2,9,12)(H,10,13). The molecule has 1 aliphatic heterocycles. The summed E-state index contributed by atoms with van der Waals surface area (Å²) in [5.74, 6) is -1.22. The molecule has 2 unspecified atom stereocenters. The summed E-state index contributed by atoms with van der Waals surface area (Å²) in [6, 6.07) is 0. The van der Waals surface area contributed by atoms with E-state index in [-0.39, 0.29) is 18.4 Å². The van der Waals surface area contributed by atoms with E-state index >= 15 is 0 Å². The van der Waals surface area contributed by atoms with Crippen molar-refractivity contribution in [3.8, 4) is 0 Å². The topological polar surface area (TPSA) is 102 Å². The van der Waals surface area contributed by atoms with Gasteiger partial charge in [0.25, 0.3) is 0 Å². The van der Waals surface area contributed by atoms with Crippen molar-refractivity contribution in [2.45, 2.75) is 12.5 Å². The Balaban J connectivity index is 2.23. The first kappa shape index (κ1) is 10.9. The molecule has 0 aliphatic carbocycles. The quantitative estimate of drug-likeness (QED) is 0.490. The van der Waals surface area contributed by atoms with Gasteiger partial charge in [0.05, 0.1) is 19.1 Å². The molecule has 0 aromatic carbocycles. The zero-order chi connectivity index (χ0) is 10.6. The molecular formula is C8H14N2O4. The van der Waals surface area contributed by atoms with Crippen molar-refractivity contribution in [1.29, 1.82) is 0 Å². The maximum Gasteiger partial charge on any atom is 0.248 e. The van der Waals surface area contributed by atoms with Crippen LogP contribution in [0.2, 0.25) is 0 Å². The Bertz CT molecular complexity index is 225. The van der Waals surface area contributed by atoms with Crippen molar-refractivity contribution in [2.24, 2.45) is 11.7 Å². The minimum atomic E-state index is -1.32. The minimum Gasteiger partial charge on any atom is -0.381 e. The molecule has 0 radical (unpaired) electrons. The van der Waals surface area contributed by atoms with Gasteiger partial charge in [-0.1, -0.05) is 0 Å². The van der Waals surface area contributed by atoms with E-state index in [1.165, 1.54) is 0 Å². The second-order valence-corrected chi connectivity index (χ2v) is 3.22. The van der Waals surface area contributed by atoms with Gasteiger partial charge in [-0.25, -0.2) is 0 Å². The molecule has 2 atom stereocenters. The van der Waals surface area contributed by atoms with Crippen LogP contribution < -0.4 is 11.1 Å². The van der Waals surface area contributed by atoms with Crippen LogP contribution in [0.4, 0.5) is 0 Å². The lowest BCUT2D eigenvalue weighted by Crippen LogP contribution is -2.42. The van der Waals surface area contributed by atoms with Crippen molar-refractivity contribution < 1.29 is 19.4 Å². The normalized spacial score (nSPS) is 23.1. The molecule has 1 aliphatic rings. The molecule has 1 heterocycles. The molecule has 0 aromatic heterocycles. The van der Waals surface area contributed by atoms with Crippen LogP contribution in [0.15, 0.2) is 0 Å². The van der Waals surface area contributed by atoms with Crippen molar-refractivity contribution in [1.82, 2.24) is 5.32 Å². The Hall–Kier alpha value is -1.14. The molecule has 1 fully saturated rings.